The molecule has 7 heteroatoms. The van der Waals surface area contributed by atoms with Gasteiger partial charge in [0.15, 0.2) is 0 Å². The van der Waals surface area contributed by atoms with Gasteiger partial charge in [0, 0.05) is 32.1 Å². The van der Waals surface area contributed by atoms with Gasteiger partial charge in [0.25, 0.3) is 0 Å². The van der Waals surface area contributed by atoms with Crippen LogP contribution in [0.25, 0.3) is 0 Å². The molecule has 178 valence electrons. The Morgan fingerprint density at radius 2 is 1.91 bits per heavy atom. The number of carbonyl (C=O) groups is 1. The number of nitrogens with one attached hydrogen (secondary N) is 1. The molecule has 0 unspecified atom stereocenters. The van der Waals surface area contributed by atoms with Crippen LogP contribution < -0.4 is 19.7 Å². The molecular formula is C26H36N4O3. The number of carbonyl (C=O) groups excluding carboxylic acids is 1. The minimum Gasteiger partial charge on any atom is -0.489 e. The van der Waals surface area contributed by atoms with E-state index in [2.05, 4.69) is 52.1 Å². The van der Waals surface area contributed by atoms with Crippen LogP contribution in [0.2, 0.25) is 0 Å². The number of anilines is 2. The van der Waals surface area contributed by atoms with Crippen LogP contribution in [0.3, 0.4) is 0 Å². The second kappa shape index (κ2) is 11.4. The number of aryl methyl sites for hydroxylation is 1. The summed E-state index contributed by atoms with van der Waals surface area (Å²) in [6.07, 6.45) is 4.68. The van der Waals surface area contributed by atoms with Gasteiger partial charge in [-0.3, -0.25) is 4.79 Å². The lowest BCUT2D eigenvalue weighted by Gasteiger charge is -2.26. The lowest BCUT2D eigenvalue weighted by Crippen LogP contribution is -2.31. The van der Waals surface area contributed by atoms with E-state index >= 15 is 0 Å². The van der Waals surface area contributed by atoms with E-state index in [0.29, 0.717) is 24.7 Å². The Labute approximate surface area is 197 Å². The first-order valence-corrected chi connectivity index (χ1v) is 12.2. The molecular weight excluding hydrogens is 416 g/mol. The van der Waals surface area contributed by atoms with E-state index in [1.807, 2.05) is 18.2 Å². The highest BCUT2D eigenvalue weighted by Gasteiger charge is 2.19. The SMILES string of the molecule is CC(C)Oc1ccccc1N1CCCN(CCCCOc2ccc3c(n2)NC(=O)CC3)CC1. The molecule has 1 fully saturated rings. The second-order valence-corrected chi connectivity index (χ2v) is 9.08. The van der Waals surface area contributed by atoms with Crippen molar-refractivity contribution < 1.29 is 14.3 Å². The Balaban J connectivity index is 1.19. The first-order valence-electron chi connectivity index (χ1n) is 12.2. The Morgan fingerprint density at radius 1 is 1.03 bits per heavy atom. The highest BCUT2D eigenvalue weighted by Crippen LogP contribution is 2.29. The number of benzene rings is 1. The van der Waals surface area contributed by atoms with E-state index in [4.69, 9.17) is 9.47 Å². The molecule has 0 saturated carbocycles. The molecule has 0 aliphatic carbocycles. The molecule has 0 bridgehead atoms. The lowest BCUT2D eigenvalue weighted by atomic mass is 10.1. The molecule has 2 aliphatic heterocycles. The van der Waals surface area contributed by atoms with Crippen LogP contribution in [0, 0.1) is 0 Å². The van der Waals surface area contributed by atoms with Gasteiger partial charge in [-0.05, 0) is 76.4 Å². The number of amides is 1. The van der Waals surface area contributed by atoms with Crippen molar-refractivity contribution in [2.24, 2.45) is 0 Å². The van der Waals surface area contributed by atoms with Crippen molar-refractivity contribution in [2.75, 3.05) is 49.5 Å². The maximum Gasteiger partial charge on any atom is 0.225 e. The van der Waals surface area contributed by atoms with Crippen molar-refractivity contribution in [2.45, 2.75) is 52.1 Å². The number of pyridine rings is 1. The lowest BCUT2D eigenvalue weighted by molar-refractivity contribution is -0.116. The number of rotatable bonds is 9. The molecule has 2 aliphatic rings. The van der Waals surface area contributed by atoms with E-state index in [-0.39, 0.29) is 12.0 Å². The van der Waals surface area contributed by atoms with Gasteiger partial charge in [0.2, 0.25) is 11.8 Å². The Bertz CT molecular complexity index is 934. The smallest absolute Gasteiger partial charge is 0.225 e. The summed E-state index contributed by atoms with van der Waals surface area (Å²) < 4.78 is 11.9. The molecule has 4 rings (SSSR count). The summed E-state index contributed by atoms with van der Waals surface area (Å²) in [6, 6.07) is 12.3. The highest BCUT2D eigenvalue weighted by atomic mass is 16.5. The molecule has 1 aromatic heterocycles. The highest BCUT2D eigenvalue weighted by molar-refractivity contribution is 5.92. The topological polar surface area (TPSA) is 66.9 Å². The molecule has 1 saturated heterocycles. The minimum atomic E-state index is 0.0269. The average Bonchev–Trinajstić information content (AvgIpc) is 3.04. The van der Waals surface area contributed by atoms with Crippen LogP contribution in [-0.4, -0.2) is 61.2 Å². The number of hydrogen-bond acceptors (Lipinski definition) is 6. The van der Waals surface area contributed by atoms with Crippen molar-refractivity contribution in [3.8, 4) is 11.6 Å². The zero-order valence-electron chi connectivity index (χ0n) is 19.9. The van der Waals surface area contributed by atoms with Gasteiger partial charge in [-0.1, -0.05) is 12.1 Å². The maximum atomic E-state index is 11.6. The largest absolute Gasteiger partial charge is 0.489 e. The predicted octanol–water partition coefficient (Wildman–Crippen LogP) is 4.12. The number of unbranched alkanes of at least 4 members (excludes halogenated alkanes) is 1. The van der Waals surface area contributed by atoms with Gasteiger partial charge < -0.3 is 24.6 Å². The van der Waals surface area contributed by atoms with Crippen LogP contribution in [0.15, 0.2) is 36.4 Å². The average molecular weight is 453 g/mol. The van der Waals surface area contributed by atoms with Crippen LogP contribution in [-0.2, 0) is 11.2 Å². The third-order valence-corrected chi connectivity index (χ3v) is 6.11. The van der Waals surface area contributed by atoms with Crippen LogP contribution >= 0.6 is 0 Å². The van der Waals surface area contributed by atoms with Crippen molar-refractivity contribution in [3.05, 3.63) is 42.0 Å². The number of para-hydroxylation sites is 2. The van der Waals surface area contributed by atoms with Crippen molar-refractivity contribution in [1.29, 1.82) is 0 Å². The first kappa shape index (κ1) is 23.4. The quantitative estimate of drug-likeness (QED) is 0.577. The summed E-state index contributed by atoms with van der Waals surface area (Å²) in [4.78, 5) is 21.0. The van der Waals surface area contributed by atoms with Gasteiger partial charge >= 0.3 is 0 Å². The predicted molar refractivity (Wildman–Crippen MR) is 131 cm³/mol. The molecule has 1 N–H and O–H groups in total. The molecule has 2 aromatic rings. The van der Waals surface area contributed by atoms with Gasteiger partial charge in [0.05, 0.1) is 18.4 Å². The van der Waals surface area contributed by atoms with E-state index in [1.165, 1.54) is 5.69 Å². The fourth-order valence-corrected chi connectivity index (χ4v) is 4.42. The summed E-state index contributed by atoms with van der Waals surface area (Å²) in [5.74, 6) is 2.24. The van der Waals surface area contributed by atoms with Crippen molar-refractivity contribution in [3.63, 3.8) is 0 Å². The van der Waals surface area contributed by atoms with Gasteiger partial charge in [-0.2, -0.15) is 4.98 Å². The summed E-state index contributed by atoms with van der Waals surface area (Å²) in [5, 5.41) is 2.83. The molecule has 0 radical (unpaired) electrons. The van der Waals surface area contributed by atoms with Gasteiger partial charge in [0.1, 0.15) is 11.6 Å². The Morgan fingerprint density at radius 3 is 2.79 bits per heavy atom. The van der Waals surface area contributed by atoms with E-state index in [9.17, 15) is 4.79 Å². The zero-order chi connectivity index (χ0) is 23.0. The Kier molecular flexibility index (Phi) is 8.05. The van der Waals surface area contributed by atoms with Crippen molar-refractivity contribution in [1.82, 2.24) is 9.88 Å². The molecule has 3 heterocycles. The fraction of sp³-hybridized carbons (Fsp3) is 0.538. The normalized spacial score (nSPS) is 16.8. The first-order chi connectivity index (χ1) is 16.1. The van der Waals surface area contributed by atoms with Gasteiger partial charge in [-0.15, -0.1) is 0 Å². The summed E-state index contributed by atoms with van der Waals surface area (Å²) in [6.45, 7) is 10.1. The third kappa shape index (κ3) is 6.60. The van der Waals surface area contributed by atoms with E-state index in [1.54, 1.807) is 0 Å². The molecule has 1 amide bonds. The van der Waals surface area contributed by atoms with Crippen LogP contribution in [0.4, 0.5) is 11.5 Å². The summed E-state index contributed by atoms with van der Waals surface area (Å²) in [5.41, 5.74) is 2.28. The molecule has 1 aromatic carbocycles. The summed E-state index contributed by atoms with van der Waals surface area (Å²) in [7, 11) is 0. The zero-order valence-corrected chi connectivity index (χ0v) is 19.9. The monoisotopic (exact) mass is 452 g/mol. The number of hydrogen-bond donors (Lipinski definition) is 1. The second-order valence-electron chi connectivity index (χ2n) is 9.08. The van der Waals surface area contributed by atoms with Crippen LogP contribution in [0.1, 0.15) is 45.1 Å². The van der Waals surface area contributed by atoms with Crippen LogP contribution in [0.5, 0.6) is 11.6 Å². The third-order valence-electron chi connectivity index (χ3n) is 6.11. The minimum absolute atomic E-state index is 0.0269. The molecule has 0 spiro atoms. The number of fused-ring (bicyclic) bond motifs is 1. The molecule has 0 atom stereocenters. The number of nitrogens with zero attached hydrogens (tertiary/aromatic N) is 3. The van der Waals surface area contributed by atoms with E-state index in [0.717, 1.165) is 69.7 Å². The molecule has 33 heavy (non-hydrogen) atoms. The number of ether oxygens (including phenoxy) is 2. The van der Waals surface area contributed by atoms with Crippen molar-refractivity contribution >= 4 is 17.4 Å². The standard InChI is InChI=1S/C26H36N4O3/c1-20(2)33-23-9-4-3-8-22(23)30-16-7-15-29(17-18-30)14-5-6-19-32-25-13-11-21-10-12-24(31)27-26(21)28-25/h3-4,8-9,11,13,20H,5-7,10,12,14-19H2,1-2H3,(H,27,28,31). The van der Waals surface area contributed by atoms with Gasteiger partial charge in [-0.25, -0.2) is 0 Å². The maximum absolute atomic E-state index is 11.6. The Hall–Kier alpha value is -2.80. The summed E-state index contributed by atoms with van der Waals surface area (Å²) >= 11 is 0. The fourth-order valence-electron chi connectivity index (χ4n) is 4.42. The number of aromatic nitrogens is 1. The molecule has 7 nitrogen and oxygen atoms in total. The van der Waals surface area contributed by atoms with E-state index < -0.39 is 0 Å².